The van der Waals surface area contributed by atoms with Gasteiger partial charge < -0.3 is 5.32 Å². The fourth-order valence-corrected chi connectivity index (χ4v) is 2.53. The van der Waals surface area contributed by atoms with Crippen LogP contribution in [0.5, 0.6) is 0 Å². The number of nitrogens with zero attached hydrogens (tertiary/aromatic N) is 2. The van der Waals surface area contributed by atoms with Crippen LogP contribution >= 0.6 is 0 Å². The number of aryl methyl sites for hydroxylation is 3. The Hall–Kier alpha value is -1.68. The molecule has 0 radical (unpaired) electrons. The Bertz CT molecular complexity index is 577. The monoisotopic (exact) mass is 289 g/mol. The fraction of sp³-hybridized carbons (Fsp3) is 0.471. The second-order valence-corrected chi connectivity index (χ2v) is 5.59. The van der Waals surface area contributed by atoms with Crippen LogP contribution in [0, 0.1) is 12.7 Å². The maximum atomic E-state index is 14.1. The molecule has 1 unspecified atom stereocenters. The van der Waals surface area contributed by atoms with Crippen LogP contribution < -0.4 is 5.32 Å². The number of rotatable bonds is 7. The summed E-state index contributed by atoms with van der Waals surface area (Å²) < 4.78 is 15.9. The first-order valence-corrected chi connectivity index (χ1v) is 7.57. The van der Waals surface area contributed by atoms with Crippen LogP contribution in [0.4, 0.5) is 4.39 Å². The molecule has 0 bridgehead atoms. The van der Waals surface area contributed by atoms with Crippen molar-refractivity contribution in [3.05, 3.63) is 53.1 Å². The molecular weight excluding hydrogens is 265 g/mol. The third kappa shape index (κ3) is 4.39. The Balaban J connectivity index is 2.11. The second kappa shape index (κ2) is 7.36. The second-order valence-electron chi connectivity index (χ2n) is 5.59. The molecule has 21 heavy (non-hydrogen) atoms. The molecule has 0 aliphatic heterocycles. The Labute approximate surface area is 126 Å². The molecule has 0 saturated heterocycles. The van der Waals surface area contributed by atoms with Crippen molar-refractivity contribution >= 4 is 0 Å². The van der Waals surface area contributed by atoms with E-state index in [1.807, 2.05) is 38.5 Å². The predicted octanol–water partition coefficient (Wildman–Crippen LogP) is 3.54. The highest BCUT2D eigenvalue weighted by atomic mass is 19.1. The zero-order valence-electron chi connectivity index (χ0n) is 13.1. The Morgan fingerprint density at radius 2 is 2.19 bits per heavy atom. The van der Waals surface area contributed by atoms with Crippen LogP contribution in [0.3, 0.4) is 0 Å². The van der Waals surface area contributed by atoms with E-state index in [0.717, 1.165) is 36.9 Å². The molecule has 0 spiro atoms. The van der Waals surface area contributed by atoms with Gasteiger partial charge in [-0.3, -0.25) is 4.68 Å². The summed E-state index contributed by atoms with van der Waals surface area (Å²) in [5, 5.41) is 7.65. The molecule has 4 heteroatoms. The molecule has 1 atom stereocenters. The molecule has 3 nitrogen and oxygen atoms in total. The highest BCUT2D eigenvalue weighted by Gasteiger charge is 2.15. The van der Waals surface area contributed by atoms with Crippen molar-refractivity contribution in [1.82, 2.24) is 15.1 Å². The quantitative estimate of drug-likeness (QED) is 0.845. The molecule has 1 aromatic heterocycles. The van der Waals surface area contributed by atoms with Gasteiger partial charge in [-0.1, -0.05) is 24.6 Å². The Kier molecular flexibility index (Phi) is 5.51. The smallest absolute Gasteiger partial charge is 0.127 e. The van der Waals surface area contributed by atoms with Gasteiger partial charge in [0.15, 0.2) is 0 Å². The van der Waals surface area contributed by atoms with Gasteiger partial charge in [-0.25, -0.2) is 4.39 Å². The molecule has 1 N–H and O–H groups in total. The number of hydrogen-bond donors (Lipinski definition) is 1. The molecule has 2 rings (SSSR count). The maximum Gasteiger partial charge on any atom is 0.127 e. The van der Waals surface area contributed by atoms with Gasteiger partial charge in [-0.2, -0.15) is 5.10 Å². The van der Waals surface area contributed by atoms with Crippen LogP contribution in [-0.4, -0.2) is 16.3 Å². The van der Waals surface area contributed by atoms with Crippen molar-refractivity contribution in [3.63, 3.8) is 0 Å². The minimum Gasteiger partial charge on any atom is -0.310 e. The molecule has 0 amide bonds. The molecule has 0 aliphatic carbocycles. The van der Waals surface area contributed by atoms with E-state index in [1.54, 1.807) is 10.7 Å². The molecule has 2 aromatic rings. The van der Waals surface area contributed by atoms with Crippen molar-refractivity contribution in [2.45, 2.75) is 39.2 Å². The SMILES string of the molecule is CCCNC(CCc1cnn(C)c1)c1cc(C)ccc1F. The lowest BCUT2D eigenvalue weighted by Gasteiger charge is -2.20. The zero-order chi connectivity index (χ0) is 15.2. The third-order valence-corrected chi connectivity index (χ3v) is 3.65. The molecule has 0 aliphatic rings. The van der Waals surface area contributed by atoms with Crippen molar-refractivity contribution < 1.29 is 4.39 Å². The summed E-state index contributed by atoms with van der Waals surface area (Å²) >= 11 is 0. The average Bonchev–Trinajstić information content (AvgIpc) is 2.88. The summed E-state index contributed by atoms with van der Waals surface area (Å²) in [6.45, 7) is 5.02. The molecule has 1 aromatic carbocycles. The van der Waals surface area contributed by atoms with Crippen LogP contribution in [0.1, 0.15) is 42.5 Å². The van der Waals surface area contributed by atoms with Gasteiger partial charge in [0, 0.05) is 24.8 Å². The Morgan fingerprint density at radius 1 is 1.38 bits per heavy atom. The minimum absolute atomic E-state index is 0.0463. The largest absolute Gasteiger partial charge is 0.310 e. The summed E-state index contributed by atoms with van der Waals surface area (Å²) in [4.78, 5) is 0. The highest BCUT2D eigenvalue weighted by Crippen LogP contribution is 2.23. The molecule has 0 fully saturated rings. The number of benzene rings is 1. The van der Waals surface area contributed by atoms with E-state index < -0.39 is 0 Å². The van der Waals surface area contributed by atoms with Gasteiger partial charge >= 0.3 is 0 Å². The lowest BCUT2D eigenvalue weighted by Crippen LogP contribution is -2.23. The molecular formula is C17H24FN3. The lowest BCUT2D eigenvalue weighted by atomic mass is 9.98. The summed E-state index contributed by atoms with van der Waals surface area (Å²) in [6, 6.07) is 5.38. The van der Waals surface area contributed by atoms with Crippen LogP contribution in [0.15, 0.2) is 30.6 Å². The molecule has 1 heterocycles. The van der Waals surface area contributed by atoms with Gasteiger partial charge in [-0.15, -0.1) is 0 Å². The van der Waals surface area contributed by atoms with Gasteiger partial charge in [0.1, 0.15) is 5.82 Å². The van der Waals surface area contributed by atoms with Crippen LogP contribution in [0.25, 0.3) is 0 Å². The van der Waals surface area contributed by atoms with Gasteiger partial charge in [0.25, 0.3) is 0 Å². The molecule has 114 valence electrons. The van der Waals surface area contributed by atoms with Crippen LogP contribution in [0.2, 0.25) is 0 Å². The van der Waals surface area contributed by atoms with Gasteiger partial charge in [-0.05, 0) is 44.4 Å². The predicted molar refractivity (Wildman–Crippen MR) is 83.7 cm³/mol. The summed E-state index contributed by atoms with van der Waals surface area (Å²) in [6.07, 6.45) is 6.69. The fourth-order valence-electron chi connectivity index (χ4n) is 2.53. The van der Waals surface area contributed by atoms with Crippen LogP contribution in [-0.2, 0) is 13.5 Å². The zero-order valence-corrected chi connectivity index (χ0v) is 13.1. The van der Waals surface area contributed by atoms with Crippen molar-refractivity contribution in [2.24, 2.45) is 7.05 Å². The highest BCUT2D eigenvalue weighted by molar-refractivity contribution is 5.27. The van der Waals surface area contributed by atoms with E-state index in [1.165, 1.54) is 5.56 Å². The first kappa shape index (κ1) is 15.7. The Morgan fingerprint density at radius 3 is 2.86 bits per heavy atom. The van der Waals surface area contributed by atoms with E-state index in [-0.39, 0.29) is 11.9 Å². The normalized spacial score (nSPS) is 12.6. The van der Waals surface area contributed by atoms with E-state index in [0.29, 0.717) is 0 Å². The van der Waals surface area contributed by atoms with E-state index in [2.05, 4.69) is 17.3 Å². The summed E-state index contributed by atoms with van der Waals surface area (Å²) in [5.74, 6) is -0.125. The number of hydrogen-bond acceptors (Lipinski definition) is 2. The molecule has 0 saturated carbocycles. The first-order chi connectivity index (χ1) is 10.1. The van der Waals surface area contributed by atoms with Crippen molar-refractivity contribution in [2.75, 3.05) is 6.54 Å². The standard InChI is InChI=1S/C17H24FN3/c1-4-9-19-17(8-6-14-11-20-21(3)12-14)15-10-13(2)5-7-16(15)18/h5,7,10-12,17,19H,4,6,8-9H2,1-3H3. The number of halogens is 1. The number of aromatic nitrogens is 2. The first-order valence-electron chi connectivity index (χ1n) is 7.57. The topological polar surface area (TPSA) is 29.9 Å². The lowest BCUT2D eigenvalue weighted by molar-refractivity contribution is 0.473. The van der Waals surface area contributed by atoms with Gasteiger partial charge in [0.2, 0.25) is 0 Å². The summed E-state index contributed by atoms with van der Waals surface area (Å²) in [7, 11) is 1.91. The third-order valence-electron chi connectivity index (χ3n) is 3.65. The van der Waals surface area contributed by atoms with Crippen molar-refractivity contribution in [1.29, 1.82) is 0 Å². The van der Waals surface area contributed by atoms with E-state index in [4.69, 9.17) is 0 Å². The van der Waals surface area contributed by atoms with E-state index >= 15 is 0 Å². The minimum atomic E-state index is -0.125. The van der Waals surface area contributed by atoms with E-state index in [9.17, 15) is 4.39 Å². The van der Waals surface area contributed by atoms with Gasteiger partial charge in [0.05, 0.1) is 6.20 Å². The van der Waals surface area contributed by atoms with Crippen molar-refractivity contribution in [3.8, 4) is 0 Å². The average molecular weight is 289 g/mol. The number of nitrogens with one attached hydrogen (secondary N) is 1. The maximum absolute atomic E-state index is 14.1. The summed E-state index contributed by atoms with van der Waals surface area (Å²) in [5.41, 5.74) is 3.05.